The van der Waals surface area contributed by atoms with Crippen LogP contribution >= 0.6 is 0 Å². The standard InChI is InChI=1S/C27H52O5/c1-4-6-8-9-10-11-12-16-22-31-26(28)18-14-13-15-19-27(29)32-24-21-25(17-7-5-2)20-23-30-3/h25H,4-24H2,1-3H3. The molecule has 0 amide bonds. The van der Waals surface area contributed by atoms with E-state index in [-0.39, 0.29) is 11.9 Å². The van der Waals surface area contributed by atoms with Gasteiger partial charge in [-0.05, 0) is 38.0 Å². The largest absolute Gasteiger partial charge is 0.466 e. The number of carbonyl (C=O) groups excluding carboxylic acids is 2. The summed E-state index contributed by atoms with van der Waals surface area (Å²) in [6.45, 7) is 6.25. The second-order valence-electron chi connectivity index (χ2n) is 9.05. The maximum atomic E-state index is 11.9. The van der Waals surface area contributed by atoms with Gasteiger partial charge in [-0.1, -0.05) is 84.5 Å². The van der Waals surface area contributed by atoms with Gasteiger partial charge in [-0.2, -0.15) is 0 Å². The number of unbranched alkanes of at least 4 members (excludes halogenated alkanes) is 10. The van der Waals surface area contributed by atoms with E-state index in [9.17, 15) is 9.59 Å². The summed E-state index contributed by atoms with van der Waals surface area (Å²) >= 11 is 0. The second kappa shape index (κ2) is 24.5. The average molecular weight is 457 g/mol. The van der Waals surface area contributed by atoms with Crippen LogP contribution in [0.4, 0.5) is 0 Å². The number of hydrogen-bond acceptors (Lipinski definition) is 5. The Hall–Kier alpha value is -1.10. The minimum atomic E-state index is -0.122. The zero-order valence-electron chi connectivity index (χ0n) is 21.5. The third-order valence-electron chi connectivity index (χ3n) is 6.01. The predicted octanol–water partition coefficient (Wildman–Crippen LogP) is 7.40. The molecule has 0 bridgehead atoms. The first-order valence-electron chi connectivity index (χ1n) is 13.4. The van der Waals surface area contributed by atoms with Crippen LogP contribution in [0.3, 0.4) is 0 Å². The highest BCUT2D eigenvalue weighted by atomic mass is 16.5. The van der Waals surface area contributed by atoms with E-state index in [4.69, 9.17) is 14.2 Å². The summed E-state index contributed by atoms with van der Waals surface area (Å²) in [6.07, 6.45) is 18.8. The van der Waals surface area contributed by atoms with Gasteiger partial charge >= 0.3 is 11.9 Å². The van der Waals surface area contributed by atoms with E-state index >= 15 is 0 Å². The molecule has 0 rings (SSSR count). The Balaban J connectivity index is 3.54. The summed E-state index contributed by atoms with van der Waals surface area (Å²) in [5, 5.41) is 0. The van der Waals surface area contributed by atoms with E-state index < -0.39 is 0 Å². The van der Waals surface area contributed by atoms with Crippen molar-refractivity contribution in [2.75, 3.05) is 26.9 Å². The zero-order chi connectivity index (χ0) is 23.7. The van der Waals surface area contributed by atoms with Crippen molar-refractivity contribution in [1.82, 2.24) is 0 Å². The van der Waals surface area contributed by atoms with Gasteiger partial charge in [-0.25, -0.2) is 0 Å². The summed E-state index contributed by atoms with van der Waals surface area (Å²) in [6, 6.07) is 0. The van der Waals surface area contributed by atoms with Gasteiger partial charge in [0.1, 0.15) is 0 Å². The number of esters is 2. The molecule has 0 saturated carbocycles. The van der Waals surface area contributed by atoms with Crippen LogP contribution in [0.2, 0.25) is 0 Å². The molecule has 0 spiro atoms. The minimum absolute atomic E-state index is 0.107. The van der Waals surface area contributed by atoms with Crippen LogP contribution in [0.1, 0.15) is 129 Å². The van der Waals surface area contributed by atoms with Gasteiger partial charge in [-0.3, -0.25) is 9.59 Å². The molecule has 0 N–H and O–H groups in total. The van der Waals surface area contributed by atoms with Crippen LogP contribution in [-0.4, -0.2) is 38.9 Å². The van der Waals surface area contributed by atoms with Crippen molar-refractivity contribution in [2.24, 2.45) is 5.92 Å². The zero-order valence-corrected chi connectivity index (χ0v) is 21.5. The monoisotopic (exact) mass is 456 g/mol. The highest BCUT2D eigenvalue weighted by Crippen LogP contribution is 2.17. The molecular weight excluding hydrogens is 404 g/mol. The third-order valence-corrected chi connectivity index (χ3v) is 6.01. The lowest BCUT2D eigenvalue weighted by molar-refractivity contribution is -0.144. The quantitative estimate of drug-likeness (QED) is 0.112. The average Bonchev–Trinajstić information content (AvgIpc) is 2.79. The summed E-state index contributed by atoms with van der Waals surface area (Å²) < 4.78 is 15.9. The smallest absolute Gasteiger partial charge is 0.305 e. The van der Waals surface area contributed by atoms with Crippen molar-refractivity contribution in [3.05, 3.63) is 0 Å². The van der Waals surface area contributed by atoms with Gasteiger partial charge < -0.3 is 14.2 Å². The molecule has 190 valence electrons. The molecule has 0 aliphatic heterocycles. The summed E-state index contributed by atoms with van der Waals surface area (Å²) in [5.74, 6) is 0.340. The van der Waals surface area contributed by atoms with Crippen LogP contribution in [0.25, 0.3) is 0 Å². The van der Waals surface area contributed by atoms with E-state index in [1.165, 1.54) is 57.8 Å². The fraction of sp³-hybridized carbons (Fsp3) is 0.926. The maximum Gasteiger partial charge on any atom is 0.305 e. The van der Waals surface area contributed by atoms with E-state index in [1.807, 2.05) is 0 Å². The molecule has 1 atom stereocenters. The molecule has 0 heterocycles. The summed E-state index contributed by atoms with van der Waals surface area (Å²) in [7, 11) is 1.73. The van der Waals surface area contributed by atoms with Crippen LogP contribution < -0.4 is 0 Å². The van der Waals surface area contributed by atoms with Crippen molar-refractivity contribution in [3.8, 4) is 0 Å². The van der Waals surface area contributed by atoms with Gasteiger partial charge in [0.25, 0.3) is 0 Å². The minimum Gasteiger partial charge on any atom is -0.466 e. The molecular formula is C27H52O5. The van der Waals surface area contributed by atoms with Crippen molar-refractivity contribution in [1.29, 1.82) is 0 Å². The first-order valence-corrected chi connectivity index (χ1v) is 13.4. The van der Waals surface area contributed by atoms with Crippen molar-refractivity contribution >= 4 is 11.9 Å². The first kappa shape index (κ1) is 30.9. The Morgan fingerprint density at radius 3 is 1.66 bits per heavy atom. The first-order chi connectivity index (χ1) is 15.6. The number of hydrogen-bond donors (Lipinski definition) is 0. The van der Waals surface area contributed by atoms with Crippen molar-refractivity contribution in [2.45, 2.75) is 129 Å². The molecule has 0 aromatic carbocycles. The molecule has 0 saturated heterocycles. The SMILES string of the molecule is CCCCCCCCCCOC(=O)CCCCCC(=O)OCCC(CCCC)CCOC. The highest BCUT2D eigenvalue weighted by Gasteiger charge is 2.10. The molecule has 0 aromatic rings. The molecule has 32 heavy (non-hydrogen) atoms. The Kier molecular flexibility index (Phi) is 23.7. The second-order valence-corrected chi connectivity index (χ2v) is 9.05. The maximum absolute atomic E-state index is 11.9. The van der Waals surface area contributed by atoms with Gasteiger partial charge in [0, 0.05) is 26.6 Å². The Labute approximate surface area is 198 Å². The topological polar surface area (TPSA) is 61.8 Å². The molecule has 0 fully saturated rings. The molecule has 5 heteroatoms. The summed E-state index contributed by atoms with van der Waals surface area (Å²) in [5.41, 5.74) is 0. The molecule has 5 nitrogen and oxygen atoms in total. The highest BCUT2D eigenvalue weighted by molar-refractivity contribution is 5.69. The number of carbonyl (C=O) groups is 2. The van der Waals surface area contributed by atoms with Crippen molar-refractivity contribution in [3.63, 3.8) is 0 Å². The van der Waals surface area contributed by atoms with Gasteiger partial charge in [-0.15, -0.1) is 0 Å². The van der Waals surface area contributed by atoms with Crippen LogP contribution in [-0.2, 0) is 23.8 Å². The van der Waals surface area contributed by atoms with Crippen LogP contribution in [0.5, 0.6) is 0 Å². The van der Waals surface area contributed by atoms with Crippen molar-refractivity contribution < 1.29 is 23.8 Å². The molecule has 0 aromatic heterocycles. The Bertz CT molecular complexity index is 416. The number of methoxy groups -OCH3 is 1. The molecule has 0 aliphatic rings. The third kappa shape index (κ3) is 22.1. The fourth-order valence-electron chi connectivity index (χ4n) is 3.83. The molecule has 0 aliphatic carbocycles. The lowest BCUT2D eigenvalue weighted by Crippen LogP contribution is -2.12. The normalized spacial score (nSPS) is 12.0. The number of rotatable bonds is 24. The van der Waals surface area contributed by atoms with Crippen LogP contribution in [0.15, 0.2) is 0 Å². The van der Waals surface area contributed by atoms with E-state index in [1.54, 1.807) is 7.11 Å². The lowest BCUT2D eigenvalue weighted by Gasteiger charge is -2.16. The Morgan fingerprint density at radius 1 is 0.562 bits per heavy atom. The van der Waals surface area contributed by atoms with Gasteiger partial charge in [0.15, 0.2) is 0 Å². The van der Waals surface area contributed by atoms with Crippen LogP contribution in [0, 0.1) is 5.92 Å². The van der Waals surface area contributed by atoms with E-state index in [0.29, 0.717) is 32.0 Å². The van der Waals surface area contributed by atoms with E-state index in [2.05, 4.69) is 13.8 Å². The molecule has 0 radical (unpaired) electrons. The predicted molar refractivity (Wildman–Crippen MR) is 132 cm³/mol. The molecule has 1 unspecified atom stereocenters. The Morgan fingerprint density at radius 2 is 1.06 bits per heavy atom. The van der Waals surface area contributed by atoms with Gasteiger partial charge in [0.2, 0.25) is 0 Å². The fourth-order valence-corrected chi connectivity index (χ4v) is 3.83. The summed E-state index contributed by atoms with van der Waals surface area (Å²) in [4.78, 5) is 23.7. The van der Waals surface area contributed by atoms with E-state index in [0.717, 1.165) is 51.6 Å². The number of ether oxygens (including phenoxy) is 3. The van der Waals surface area contributed by atoms with Gasteiger partial charge in [0.05, 0.1) is 13.2 Å². The lowest BCUT2D eigenvalue weighted by atomic mass is 9.96.